The van der Waals surface area contributed by atoms with E-state index in [1.54, 1.807) is 11.3 Å². The summed E-state index contributed by atoms with van der Waals surface area (Å²) in [6.07, 6.45) is 4.06. The number of benzene rings is 1. The predicted octanol–water partition coefficient (Wildman–Crippen LogP) is 3.01. The SMILES string of the molecule is NC[C@H]1CCC[C@H]1C(=O)Nc1nc2c(s1)CN(Cc1ccccc1)CC2. The maximum absolute atomic E-state index is 12.6. The van der Waals surface area contributed by atoms with Crippen LogP contribution >= 0.6 is 11.3 Å². The number of carbonyl (C=O) groups is 1. The van der Waals surface area contributed by atoms with Crippen LogP contribution in [0.4, 0.5) is 5.13 Å². The lowest BCUT2D eigenvalue weighted by Crippen LogP contribution is -2.29. The van der Waals surface area contributed by atoms with Crippen molar-refractivity contribution in [1.29, 1.82) is 0 Å². The van der Waals surface area contributed by atoms with Crippen molar-refractivity contribution >= 4 is 22.4 Å². The van der Waals surface area contributed by atoms with E-state index in [1.165, 1.54) is 10.4 Å². The zero-order valence-corrected chi connectivity index (χ0v) is 15.8. The van der Waals surface area contributed by atoms with E-state index >= 15 is 0 Å². The van der Waals surface area contributed by atoms with Crippen LogP contribution in [0.5, 0.6) is 0 Å². The Balaban J connectivity index is 1.39. The first-order chi connectivity index (χ1) is 12.7. The van der Waals surface area contributed by atoms with Crippen LogP contribution < -0.4 is 11.1 Å². The molecule has 2 atom stereocenters. The minimum absolute atomic E-state index is 0.0514. The Kier molecular flexibility index (Phi) is 5.33. The van der Waals surface area contributed by atoms with Crippen LogP contribution in [-0.2, 0) is 24.3 Å². The minimum atomic E-state index is 0.0514. The molecule has 0 bridgehead atoms. The van der Waals surface area contributed by atoms with Gasteiger partial charge in [0, 0.05) is 36.9 Å². The van der Waals surface area contributed by atoms with Gasteiger partial charge in [-0.15, -0.1) is 11.3 Å². The molecule has 26 heavy (non-hydrogen) atoms. The summed E-state index contributed by atoms with van der Waals surface area (Å²) in [6, 6.07) is 10.6. The average Bonchev–Trinajstić information content (AvgIpc) is 3.28. The second-order valence-electron chi connectivity index (χ2n) is 7.36. The Morgan fingerprint density at radius 2 is 2.15 bits per heavy atom. The Morgan fingerprint density at radius 3 is 2.96 bits per heavy atom. The summed E-state index contributed by atoms with van der Waals surface area (Å²) in [5.74, 6) is 0.478. The first kappa shape index (κ1) is 17.6. The molecule has 1 aliphatic heterocycles. The topological polar surface area (TPSA) is 71.2 Å². The lowest BCUT2D eigenvalue weighted by atomic mass is 9.95. The fraction of sp³-hybridized carbons (Fsp3) is 0.500. The minimum Gasteiger partial charge on any atom is -0.330 e. The molecule has 0 unspecified atom stereocenters. The zero-order chi connectivity index (χ0) is 17.9. The molecule has 5 nitrogen and oxygen atoms in total. The van der Waals surface area contributed by atoms with Gasteiger partial charge < -0.3 is 11.1 Å². The van der Waals surface area contributed by atoms with Gasteiger partial charge in [-0.1, -0.05) is 36.8 Å². The molecule has 2 aliphatic rings. The van der Waals surface area contributed by atoms with Gasteiger partial charge in [-0.3, -0.25) is 9.69 Å². The molecule has 1 amide bonds. The smallest absolute Gasteiger partial charge is 0.229 e. The first-order valence-corrected chi connectivity index (χ1v) is 10.3. The monoisotopic (exact) mass is 370 g/mol. The number of hydrogen-bond donors (Lipinski definition) is 2. The van der Waals surface area contributed by atoms with Crippen molar-refractivity contribution in [2.24, 2.45) is 17.6 Å². The Labute approximate surface area is 158 Å². The number of aromatic nitrogens is 1. The van der Waals surface area contributed by atoms with Crippen LogP contribution in [0.1, 0.15) is 35.4 Å². The largest absolute Gasteiger partial charge is 0.330 e. The van der Waals surface area contributed by atoms with Crippen LogP contribution in [-0.4, -0.2) is 28.9 Å². The van der Waals surface area contributed by atoms with Crippen molar-refractivity contribution in [3.8, 4) is 0 Å². The van der Waals surface area contributed by atoms with Crippen molar-refractivity contribution in [2.45, 2.75) is 38.8 Å². The van der Waals surface area contributed by atoms with E-state index < -0.39 is 0 Å². The molecule has 2 aromatic rings. The summed E-state index contributed by atoms with van der Waals surface area (Å²) in [7, 11) is 0. The van der Waals surface area contributed by atoms with E-state index in [2.05, 4.69) is 45.5 Å². The number of rotatable bonds is 5. The van der Waals surface area contributed by atoms with Gasteiger partial charge in [-0.25, -0.2) is 4.98 Å². The number of nitrogens with two attached hydrogens (primary N) is 1. The van der Waals surface area contributed by atoms with Gasteiger partial charge in [-0.2, -0.15) is 0 Å². The molecule has 0 spiro atoms. The second-order valence-corrected chi connectivity index (χ2v) is 8.44. The Hall–Kier alpha value is -1.76. The van der Waals surface area contributed by atoms with Gasteiger partial charge in [0.25, 0.3) is 0 Å². The number of hydrogen-bond acceptors (Lipinski definition) is 5. The van der Waals surface area contributed by atoms with E-state index in [1.807, 2.05) is 0 Å². The van der Waals surface area contributed by atoms with Gasteiger partial charge in [-0.05, 0) is 30.9 Å². The van der Waals surface area contributed by atoms with E-state index in [4.69, 9.17) is 5.73 Å². The third kappa shape index (κ3) is 3.82. The fourth-order valence-electron chi connectivity index (χ4n) is 4.14. The van der Waals surface area contributed by atoms with E-state index in [9.17, 15) is 4.79 Å². The number of nitrogens with zero attached hydrogens (tertiary/aromatic N) is 2. The summed E-state index contributed by atoms with van der Waals surface area (Å²) < 4.78 is 0. The van der Waals surface area contributed by atoms with Gasteiger partial charge in [0.2, 0.25) is 5.91 Å². The molecular weight excluding hydrogens is 344 g/mol. The number of anilines is 1. The van der Waals surface area contributed by atoms with Crippen molar-refractivity contribution in [3.63, 3.8) is 0 Å². The molecule has 3 N–H and O–H groups in total. The number of amides is 1. The molecule has 1 aromatic heterocycles. The van der Waals surface area contributed by atoms with Gasteiger partial charge in [0.1, 0.15) is 0 Å². The molecular formula is C20H26N4OS. The highest BCUT2D eigenvalue weighted by atomic mass is 32.1. The molecule has 1 fully saturated rings. The third-order valence-electron chi connectivity index (χ3n) is 5.59. The number of carbonyl (C=O) groups excluding carboxylic acids is 1. The second kappa shape index (κ2) is 7.86. The maximum atomic E-state index is 12.6. The van der Waals surface area contributed by atoms with E-state index in [-0.39, 0.29) is 11.8 Å². The van der Waals surface area contributed by atoms with Crippen molar-refractivity contribution in [3.05, 3.63) is 46.5 Å². The molecule has 0 saturated heterocycles. The molecule has 2 heterocycles. The standard InChI is InChI=1S/C20H26N4OS/c21-11-15-7-4-8-16(15)19(25)23-20-22-17-9-10-24(13-18(17)26-20)12-14-5-2-1-3-6-14/h1-3,5-6,15-16H,4,7-13,21H2,(H,22,23,25)/t15-,16-/m1/s1. The molecule has 0 radical (unpaired) electrons. The van der Waals surface area contributed by atoms with Crippen LogP contribution in [0.25, 0.3) is 0 Å². The van der Waals surface area contributed by atoms with Gasteiger partial charge in [0.05, 0.1) is 5.69 Å². The third-order valence-corrected chi connectivity index (χ3v) is 6.59. The Morgan fingerprint density at radius 1 is 1.31 bits per heavy atom. The number of fused-ring (bicyclic) bond motifs is 1. The summed E-state index contributed by atoms with van der Waals surface area (Å²) >= 11 is 1.63. The van der Waals surface area contributed by atoms with Gasteiger partial charge in [0.15, 0.2) is 5.13 Å². The van der Waals surface area contributed by atoms with Crippen molar-refractivity contribution in [1.82, 2.24) is 9.88 Å². The summed E-state index contributed by atoms with van der Waals surface area (Å²) in [5.41, 5.74) is 8.30. The quantitative estimate of drug-likeness (QED) is 0.849. The van der Waals surface area contributed by atoms with Crippen LogP contribution in [0, 0.1) is 11.8 Å². The number of thiazole rings is 1. The highest BCUT2D eigenvalue weighted by Crippen LogP contribution is 2.33. The highest BCUT2D eigenvalue weighted by Gasteiger charge is 2.32. The Bertz CT molecular complexity index is 760. The van der Waals surface area contributed by atoms with Crippen LogP contribution in [0.15, 0.2) is 30.3 Å². The van der Waals surface area contributed by atoms with Gasteiger partial charge >= 0.3 is 0 Å². The molecule has 138 valence electrons. The summed E-state index contributed by atoms with van der Waals surface area (Å²) in [5, 5.41) is 3.82. The molecule has 1 saturated carbocycles. The maximum Gasteiger partial charge on any atom is 0.229 e. The fourth-order valence-corrected chi connectivity index (χ4v) is 5.19. The van der Waals surface area contributed by atoms with E-state index in [0.717, 1.165) is 56.1 Å². The van der Waals surface area contributed by atoms with Crippen molar-refractivity contribution in [2.75, 3.05) is 18.4 Å². The average molecular weight is 371 g/mol. The molecule has 6 heteroatoms. The number of nitrogens with one attached hydrogen (secondary N) is 1. The van der Waals surface area contributed by atoms with Crippen molar-refractivity contribution < 1.29 is 4.79 Å². The molecule has 1 aromatic carbocycles. The first-order valence-electron chi connectivity index (χ1n) is 9.48. The van der Waals surface area contributed by atoms with Crippen LogP contribution in [0.3, 0.4) is 0 Å². The predicted molar refractivity (Wildman–Crippen MR) is 105 cm³/mol. The lowest BCUT2D eigenvalue weighted by Gasteiger charge is -2.25. The highest BCUT2D eigenvalue weighted by molar-refractivity contribution is 7.15. The lowest BCUT2D eigenvalue weighted by molar-refractivity contribution is -0.120. The normalized spacial score (nSPS) is 23.0. The summed E-state index contributed by atoms with van der Waals surface area (Å²) in [4.78, 5) is 21.0. The molecule has 4 rings (SSSR count). The van der Waals surface area contributed by atoms with E-state index in [0.29, 0.717) is 12.5 Å². The van der Waals surface area contributed by atoms with Crippen LogP contribution in [0.2, 0.25) is 0 Å². The molecule has 1 aliphatic carbocycles. The zero-order valence-electron chi connectivity index (χ0n) is 15.0. The summed E-state index contributed by atoms with van der Waals surface area (Å²) in [6.45, 7) is 3.48.